The minimum absolute atomic E-state index is 0.0406. The molecule has 1 aromatic heterocycles. The first-order valence-electron chi connectivity index (χ1n) is 12.5. The van der Waals surface area contributed by atoms with Crippen LogP contribution in [0.25, 0.3) is 11.1 Å². The molecule has 4 rings (SSSR count). The van der Waals surface area contributed by atoms with E-state index in [4.69, 9.17) is 33.7 Å². The summed E-state index contributed by atoms with van der Waals surface area (Å²) >= 11 is 12.4. The number of anilines is 1. The topological polar surface area (TPSA) is 71.7 Å². The van der Waals surface area contributed by atoms with Crippen LogP contribution in [0.1, 0.15) is 48.7 Å². The predicted octanol–water partition coefficient (Wildman–Crippen LogP) is 6.47. The molecule has 0 bridgehead atoms. The zero-order valence-electron chi connectivity index (χ0n) is 21.0. The molecule has 2 heterocycles. The Morgan fingerprint density at radius 1 is 1.11 bits per heavy atom. The summed E-state index contributed by atoms with van der Waals surface area (Å²) < 4.78 is 20.0. The molecule has 196 valence electrons. The van der Waals surface area contributed by atoms with Gasteiger partial charge in [0.1, 0.15) is 11.9 Å². The van der Waals surface area contributed by atoms with E-state index in [2.05, 4.69) is 16.8 Å². The Labute approximate surface area is 227 Å². The van der Waals surface area contributed by atoms with Gasteiger partial charge in [-0.2, -0.15) is 0 Å². The molecular weight excluding hydrogens is 514 g/mol. The number of hydrogen-bond donors (Lipinski definition) is 1. The number of pyridine rings is 1. The largest absolute Gasteiger partial charge is 0.482 e. The molecule has 2 aromatic carbocycles. The summed E-state index contributed by atoms with van der Waals surface area (Å²) in [4.78, 5) is 21.6. The first kappa shape index (κ1) is 27.2. The Morgan fingerprint density at radius 3 is 2.49 bits per heavy atom. The van der Waals surface area contributed by atoms with Gasteiger partial charge in [-0.1, -0.05) is 48.7 Å². The number of unbranched alkanes of at least 4 members (excludes halogenated alkanes) is 1. The van der Waals surface area contributed by atoms with Crippen molar-refractivity contribution >= 4 is 34.9 Å². The van der Waals surface area contributed by atoms with Crippen molar-refractivity contribution in [1.29, 1.82) is 0 Å². The van der Waals surface area contributed by atoms with Gasteiger partial charge in [-0.15, -0.1) is 0 Å². The maximum atomic E-state index is 14.0. The summed E-state index contributed by atoms with van der Waals surface area (Å²) in [5, 5.41) is 0.203. The quantitative estimate of drug-likeness (QED) is 0.329. The first-order chi connectivity index (χ1) is 17.8. The van der Waals surface area contributed by atoms with Gasteiger partial charge in [-0.3, -0.25) is 9.69 Å². The number of piperazine rings is 1. The van der Waals surface area contributed by atoms with Crippen molar-refractivity contribution in [3.8, 4) is 16.9 Å². The number of nitrogens with zero attached hydrogens (tertiary/aromatic N) is 3. The lowest BCUT2D eigenvalue weighted by atomic mass is 10.0. The van der Waals surface area contributed by atoms with Gasteiger partial charge in [0.2, 0.25) is 0 Å². The standard InChI is InChI=1S/C28H31Cl2FN4O2/c1-3-4-11-34-12-14-35(15-13-34)28(36)20-7-5-19(6-8-20)21-16-24(27(32)33-17-21)37-18(2)25-22(29)9-10-23(31)26(25)30/h5-10,16-18H,3-4,11-15H2,1-2H3,(H2,32,33). The molecule has 1 atom stereocenters. The molecule has 1 fully saturated rings. The minimum Gasteiger partial charge on any atom is -0.482 e. The van der Waals surface area contributed by atoms with Crippen LogP contribution >= 0.6 is 23.2 Å². The van der Waals surface area contributed by atoms with Crippen LogP contribution in [0, 0.1) is 5.82 Å². The fourth-order valence-corrected chi connectivity index (χ4v) is 5.09. The fraction of sp³-hybridized carbons (Fsp3) is 0.357. The third-order valence-corrected chi connectivity index (χ3v) is 7.34. The average Bonchev–Trinajstić information content (AvgIpc) is 2.91. The van der Waals surface area contributed by atoms with E-state index < -0.39 is 11.9 Å². The van der Waals surface area contributed by atoms with E-state index in [9.17, 15) is 9.18 Å². The number of aromatic nitrogens is 1. The summed E-state index contributed by atoms with van der Waals surface area (Å²) in [6.45, 7) is 8.30. The lowest BCUT2D eigenvalue weighted by molar-refractivity contribution is 0.0635. The number of ether oxygens (including phenoxy) is 1. The van der Waals surface area contributed by atoms with Crippen molar-refractivity contribution in [1.82, 2.24) is 14.8 Å². The molecule has 0 spiro atoms. The van der Waals surface area contributed by atoms with Crippen LogP contribution < -0.4 is 10.5 Å². The van der Waals surface area contributed by atoms with Gasteiger partial charge >= 0.3 is 0 Å². The van der Waals surface area contributed by atoms with Crippen molar-refractivity contribution in [2.24, 2.45) is 0 Å². The monoisotopic (exact) mass is 544 g/mol. The number of carbonyl (C=O) groups excluding carboxylic acids is 1. The zero-order valence-corrected chi connectivity index (χ0v) is 22.5. The lowest BCUT2D eigenvalue weighted by Crippen LogP contribution is -2.48. The predicted molar refractivity (Wildman–Crippen MR) is 147 cm³/mol. The number of carbonyl (C=O) groups is 1. The number of hydrogen-bond acceptors (Lipinski definition) is 5. The van der Waals surface area contributed by atoms with Crippen LogP contribution in [0.5, 0.6) is 5.75 Å². The second-order valence-electron chi connectivity index (χ2n) is 9.19. The number of nitrogen functional groups attached to an aromatic ring is 1. The first-order valence-corrected chi connectivity index (χ1v) is 13.2. The van der Waals surface area contributed by atoms with Crippen LogP contribution in [-0.2, 0) is 0 Å². The van der Waals surface area contributed by atoms with Gasteiger partial charge < -0.3 is 15.4 Å². The summed E-state index contributed by atoms with van der Waals surface area (Å²) in [6, 6.07) is 11.8. The van der Waals surface area contributed by atoms with E-state index in [0.717, 1.165) is 43.9 Å². The van der Waals surface area contributed by atoms with Crippen LogP contribution in [0.15, 0.2) is 48.7 Å². The second-order valence-corrected chi connectivity index (χ2v) is 9.97. The SMILES string of the molecule is CCCCN1CCN(C(=O)c2ccc(-c3cnc(N)c(OC(C)c4c(Cl)ccc(F)c4Cl)c3)cc2)CC1. The number of rotatable bonds is 8. The molecule has 1 aliphatic rings. The summed E-state index contributed by atoms with van der Waals surface area (Å²) in [5.41, 5.74) is 8.65. The van der Waals surface area contributed by atoms with Gasteiger partial charge in [0.25, 0.3) is 5.91 Å². The van der Waals surface area contributed by atoms with Crippen molar-refractivity contribution in [3.63, 3.8) is 0 Å². The van der Waals surface area contributed by atoms with Gasteiger partial charge in [0, 0.05) is 54.1 Å². The Bertz CT molecular complexity index is 1250. The fourth-order valence-electron chi connectivity index (χ4n) is 4.42. The van der Waals surface area contributed by atoms with Crippen molar-refractivity contribution in [3.05, 3.63) is 75.7 Å². The molecule has 6 nitrogen and oxygen atoms in total. The number of nitrogens with two attached hydrogens (primary N) is 1. The van der Waals surface area contributed by atoms with Gasteiger partial charge in [0.15, 0.2) is 11.6 Å². The Kier molecular flexibility index (Phi) is 8.90. The number of amides is 1. The Balaban J connectivity index is 1.46. The van der Waals surface area contributed by atoms with E-state index in [1.165, 1.54) is 25.0 Å². The van der Waals surface area contributed by atoms with E-state index in [1.54, 1.807) is 19.2 Å². The molecule has 1 unspecified atom stereocenters. The normalized spacial score (nSPS) is 15.0. The van der Waals surface area contributed by atoms with E-state index in [-0.39, 0.29) is 16.7 Å². The van der Waals surface area contributed by atoms with Gasteiger partial charge in [0.05, 0.1) is 5.02 Å². The van der Waals surface area contributed by atoms with Crippen LogP contribution in [-0.4, -0.2) is 53.4 Å². The highest BCUT2D eigenvalue weighted by atomic mass is 35.5. The molecule has 1 aliphatic heterocycles. The van der Waals surface area contributed by atoms with Gasteiger partial charge in [-0.05, 0) is 55.8 Å². The summed E-state index contributed by atoms with van der Waals surface area (Å²) in [6.07, 6.45) is 3.34. The number of benzene rings is 2. The molecule has 1 saturated heterocycles. The lowest BCUT2D eigenvalue weighted by Gasteiger charge is -2.34. The summed E-state index contributed by atoms with van der Waals surface area (Å²) in [7, 11) is 0. The van der Waals surface area contributed by atoms with E-state index in [0.29, 0.717) is 21.9 Å². The maximum absolute atomic E-state index is 14.0. The molecule has 2 N–H and O–H groups in total. The number of halogens is 3. The molecule has 3 aromatic rings. The second kappa shape index (κ2) is 12.1. The van der Waals surface area contributed by atoms with E-state index >= 15 is 0 Å². The van der Waals surface area contributed by atoms with Crippen LogP contribution in [0.4, 0.5) is 10.2 Å². The minimum atomic E-state index is -0.669. The van der Waals surface area contributed by atoms with Crippen molar-refractivity contribution in [2.75, 3.05) is 38.5 Å². The molecule has 37 heavy (non-hydrogen) atoms. The van der Waals surface area contributed by atoms with Crippen molar-refractivity contribution < 1.29 is 13.9 Å². The third kappa shape index (κ3) is 6.35. The van der Waals surface area contributed by atoms with Crippen LogP contribution in [0.2, 0.25) is 10.0 Å². The highest BCUT2D eigenvalue weighted by Gasteiger charge is 2.22. The highest BCUT2D eigenvalue weighted by molar-refractivity contribution is 6.36. The Hall–Kier alpha value is -2.87. The highest BCUT2D eigenvalue weighted by Crippen LogP contribution is 2.37. The molecule has 0 saturated carbocycles. The third-order valence-electron chi connectivity index (χ3n) is 6.62. The van der Waals surface area contributed by atoms with Crippen LogP contribution in [0.3, 0.4) is 0 Å². The molecule has 9 heteroatoms. The average molecular weight is 545 g/mol. The van der Waals surface area contributed by atoms with Gasteiger partial charge in [-0.25, -0.2) is 9.37 Å². The summed E-state index contributed by atoms with van der Waals surface area (Å²) in [5.74, 6) is -0.0326. The maximum Gasteiger partial charge on any atom is 0.253 e. The van der Waals surface area contributed by atoms with Crippen molar-refractivity contribution in [2.45, 2.75) is 32.8 Å². The zero-order chi connectivity index (χ0) is 26.5. The smallest absolute Gasteiger partial charge is 0.253 e. The molecule has 0 aliphatic carbocycles. The molecular formula is C28H31Cl2FN4O2. The Morgan fingerprint density at radius 2 is 1.81 bits per heavy atom. The van der Waals surface area contributed by atoms with E-state index in [1.807, 2.05) is 29.2 Å². The molecule has 1 amide bonds. The molecule has 0 radical (unpaired) electrons.